The Balaban J connectivity index is 2.43. The molecule has 0 spiro atoms. The highest BCUT2D eigenvalue weighted by atomic mass is 16.2. The van der Waals surface area contributed by atoms with Crippen LogP contribution in [0.1, 0.15) is 42.0 Å². The minimum Gasteiger partial charge on any atom is -0.274 e. The van der Waals surface area contributed by atoms with Gasteiger partial charge in [0.2, 0.25) is 11.8 Å². The number of hydrogen-bond acceptors (Lipinski definition) is 2. The molecule has 0 bridgehead atoms. The van der Waals surface area contributed by atoms with Gasteiger partial charge in [0.15, 0.2) is 0 Å². The van der Waals surface area contributed by atoms with E-state index in [1.807, 2.05) is 32.0 Å². The number of likely N-dealkylation sites (tertiary alicyclic amines) is 1. The summed E-state index contributed by atoms with van der Waals surface area (Å²) in [6, 6.07) is 5.67. The van der Waals surface area contributed by atoms with Crippen molar-refractivity contribution in [3.05, 3.63) is 34.9 Å². The average Bonchev–Trinajstić information content (AvgIpc) is 2.67. The van der Waals surface area contributed by atoms with E-state index < -0.39 is 0 Å². The third kappa shape index (κ3) is 2.53. The van der Waals surface area contributed by atoms with Gasteiger partial charge in [0.25, 0.3) is 0 Å². The van der Waals surface area contributed by atoms with Gasteiger partial charge in [-0.15, -0.1) is 12.3 Å². The van der Waals surface area contributed by atoms with E-state index in [0.29, 0.717) is 19.3 Å². The fourth-order valence-corrected chi connectivity index (χ4v) is 2.59. The van der Waals surface area contributed by atoms with Gasteiger partial charge in [-0.1, -0.05) is 23.8 Å². The Morgan fingerprint density at radius 2 is 1.89 bits per heavy atom. The van der Waals surface area contributed by atoms with Crippen LogP contribution in [0, 0.1) is 26.2 Å². The van der Waals surface area contributed by atoms with E-state index in [-0.39, 0.29) is 17.9 Å². The molecule has 0 saturated carbocycles. The Kier molecular flexibility index (Phi) is 3.71. The first-order valence-electron chi connectivity index (χ1n) is 6.40. The summed E-state index contributed by atoms with van der Waals surface area (Å²) in [5, 5.41) is 0. The van der Waals surface area contributed by atoms with E-state index in [0.717, 1.165) is 16.7 Å². The molecule has 0 aliphatic carbocycles. The third-order valence-electron chi connectivity index (χ3n) is 3.50. The number of carbonyl (C=O) groups is 2. The van der Waals surface area contributed by atoms with Crippen LogP contribution in [0.15, 0.2) is 18.2 Å². The minimum absolute atomic E-state index is 0.120. The van der Waals surface area contributed by atoms with Crippen LogP contribution in [0.4, 0.5) is 0 Å². The molecule has 1 aromatic rings. The average molecular weight is 255 g/mol. The number of amides is 2. The maximum Gasteiger partial charge on any atom is 0.230 e. The van der Waals surface area contributed by atoms with Crippen molar-refractivity contribution in [2.24, 2.45) is 0 Å². The Morgan fingerprint density at radius 1 is 1.26 bits per heavy atom. The van der Waals surface area contributed by atoms with Crippen molar-refractivity contribution in [2.45, 2.75) is 39.2 Å². The standard InChI is InChI=1S/C16H17NO2/c1-4-5-14(17-15(18)8-9-16(17)19)13-7-6-11(2)10-12(13)3/h1,6-7,10,14H,5,8-9H2,2-3H3. The summed E-state index contributed by atoms with van der Waals surface area (Å²) < 4.78 is 0. The monoisotopic (exact) mass is 255 g/mol. The fourth-order valence-electron chi connectivity index (χ4n) is 2.59. The second kappa shape index (κ2) is 5.27. The largest absolute Gasteiger partial charge is 0.274 e. The smallest absolute Gasteiger partial charge is 0.230 e. The van der Waals surface area contributed by atoms with Crippen molar-refractivity contribution < 1.29 is 9.59 Å². The van der Waals surface area contributed by atoms with Gasteiger partial charge in [-0.05, 0) is 25.0 Å². The number of carbonyl (C=O) groups excluding carboxylic acids is 2. The molecular formula is C16H17NO2. The summed E-state index contributed by atoms with van der Waals surface area (Å²) in [7, 11) is 0. The lowest BCUT2D eigenvalue weighted by molar-refractivity contribution is -0.141. The highest BCUT2D eigenvalue weighted by Crippen LogP contribution is 2.31. The quantitative estimate of drug-likeness (QED) is 0.615. The first kappa shape index (κ1) is 13.4. The Hall–Kier alpha value is -2.08. The highest BCUT2D eigenvalue weighted by Gasteiger charge is 2.35. The van der Waals surface area contributed by atoms with Crippen LogP contribution in [-0.4, -0.2) is 16.7 Å². The first-order valence-corrected chi connectivity index (χ1v) is 6.40. The molecule has 1 aliphatic heterocycles. The second-order valence-corrected chi connectivity index (χ2v) is 4.94. The van der Waals surface area contributed by atoms with Gasteiger partial charge in [-0.3, -0.25) is 14.5 Å². The normalized spacial score (nSPS) is 16.6. The molecule has 1 unspecified atom stereocenters. The van der Waals surface area contributed by atoms with E-state index >= 15 is 0 Å². The number of imide groups is 1. The lowest BCUT2D eigenvalue weighted by Gasteiger charge is -2.26. The van der Waals surface area contributed by atoms with Crippen LogP contribution in [0.5, 0.6) is 0 Å². The van der Waals surface area contributed by atoms with Crippen molar-refractivity contribution in [3.63, 3.8) is 0 Å². The summed E-state index contributed by atoms with van der Waals surface area (Å²) in [6.07, 6.45) is 6.36. The van der Waals surface area contributed by atoms with Gasteiger partial charge >= 0.3 is 0 Å². The van der Waals surface area contributed by atoms with Crippen LogP contribution in [-0.2, 0) is 9.59 Å². The lowest BCUT2D eigenvalue weighted by Crippen LogP contribution is -2.33. The lowest BCUT2D eigenvalue weighted by atomic mass is 9.96. The van der Waals surface area contributed by atoms with Crippen molar-refractivity contribution in [1.82, 2.24) is 4.90 Å². The molecule has 1 saturated heterocycles. The molecule has 1 heterocycles. The molecule has 0 aromatic heterocycles. The topological polar surface area (TPSA) is 37.4 Å². The number of rotatable bonds is 3. The van der Waals surface area contributed by atoms with E-state index in [1.54, 1.807) is 0 Å². The van der Waals surface area contributed by atoms with Crippen molar-refractivity contribution in [1.29, 1.82) is 0 Å². The molecule has 2 rings (SSSR count). The van der Waals surface area contributed by atoms with Gasteiger partial charge in [0.05, 0.1) is 6.04 Å². The van der Waals surface area contributed by atoms with Gasteiger partial charge in [-0.25, -0.2) is 0 Å². The number of hydrogen-bond donors (Lipinski definition) is 0. The third-order valence-corrected chi connectivity index (χ3v) is 3.50. The Morgan fingerprint density at radius 3 is 2.42 bits per heavy atom. The molecule has 3 nitrogen and oxygen atoms in total. The van der Waals surface area contributed by atoms with E-state index in [4.69, 9.17) is 6.42 Å². The molecule has 1 atom stereocenters. The van der Waals surface area contributed by atoms with Crippen LogP contribution < -0.4 is 0 Å². The summed E-state index contributed by atoms with van der Waals surface area (Å²) >= 11 is 0. The zero-order valence-electron chi connectivity index (χ0n) is 11.3. The van der Waals surface area contributed by atoms with Gasteiger partial charge < -0.3 is 0 Å². The summed E-state index contributed by atoms with van der Waals surface area (Å²) in [5.74, 6) is 2.34. The number of benzene rings is 1. The predicted octanol–water partition coefficient (Wildman–Crippen LogP) is 2.52. The molecule has 3 heteroatoms. The molecular weight excluding hydrogens is 238 g/mol. The van der Waals surface area contributed by atoms with E-state index in [9.17, 15) is 9.59 Å². The van der Waals surface area contributed by atoms with E-state index in [2.05, 4.69) is 5.92 Å². The molecule has 98 valence electrons. The zero-order chi connectivity index (χ0) is 14.0. The zero-order valence-corrected chi connectivity index (χ0v) is 11.3. The molecule has 19 heavy (non-hydrogen) atoms. The van der Waals surface area contributed by atoms with Crippen LogP contribution in [0.3, 0.4) is 0 Å². The maximum absolute atomic E-state index is 11.9. The molecule has 0 radical (unpaired) electrons. The maximum atomic E-state index is 11.9. The van der Waals surface area contributed by atoms with Gasteiger partial charge in [0.1, 0.15) is 0 Å². The van der Waals surface area contributed by atoms with Gasteiger partial charge in [-0.2, -0.15) is 0 Å². The molecule has 2 amide bonds. The fraction of sp³-hybridized carbons (Fsp3) is 0.375. The highest BCUT2D eigenvalue weighted by molar-refractivity contribution is 6.02. The Labute approximate surface area is 113 Å². The Bertz CT molecular complexity index is 553. The van der Waals surface area contributed by atoms with Crippen molar-refractivity contribution in [3.8, 4) is 12.3 Å². The number of nitrogens with zero attached hydrogens (tertiary/aromatic N) is 1. The molecule has 1 aliphatic rings. The van der Waals surface area contributed by atoms with Crippen molar-refractivity contribution in [2.75, 3.05) is 0 Å². The minimum atomic E-state index is -0.326. The second-order valence-electron chi connectivity index (χ2n) is 4.94. The summed E-state index contributed by atoms with van der Waals surface area (Å²) in [4.78, 5) is 25.1. The van der Waals surface area contributed by atoms with Crippen LogP contribution in [0.2, 0.25) is 0 Å². The molecule has 0 N–H and O–H groups in total. The summed E-state index contributed by atoms with van der Waals surface area (Å²) in [6.45, 7) is 4.00. The molecule has 1 fully saturated rings. The SMILES string of the molecule is C#CCC(c1ccc(C)cc1C)N1C(=O)CCC1=O. The van der Waals surface area contributed by atoms with Gasteiger partial charge in [0, 0.05) is 19.3 Å². The first-order chi connectivity index (χ1) is 9.04. The number of terminal acetylenes is 1. The van der Waals surface area contributed by atoms with Crippen LogP contribution in [0.25, 0.3) is 0 Å². The predicted molar refractivity (Wildman–Crippen MR) is 73.2 cm³/mol. The molecule has 1 aromatic carbocycles. The number of aryl methyl sites for hydroxylation is 2. The van der Waals surface area contributed by atoms with Crippen LogP contribution >= 0.6 is 0 Å². The summed E-state index contributed by atoms with van der Waals surface area (Å²) in [5.41, 5.74) is 3.18. The van der Waals surface area contributed by atoms with E-state index in [1.165, 1.54) is 4.90 Å². The van der Waals surface area contributed by atoms with Crippen molar-refractivity contribution >= 4 is 11.8 Å².